The number of benzene rings is 1. The number of rotatable bonds is 5. The van der Waals surface area contributed by atoms with E-state index in [0.29, 0.717) is 24.6 Å². The number of hydrogen-bond donors (Lipinski definition) is 3. The highest BCUT2D eigenvalue weighted by Gasteiger charge is 2.15. The quantitative estimate of drug-likeness (QED) is 0.344. The van der Waals surface area contributed by atoms with E-state index in [2.05, 4.69) is 21.5 Å². The lowest BCUT2D eigenvalue weighted by atomic mass is 9.94. The Hall–Kier alpha value is -2.97. The highest BCUT2D eigenvalue weighted by Crippen LogP contribution is 2.26. The van der Waals surface area contributed by atoms with Crippen LogP contribution in [-0.4, -0.2) is 45.7 Å². The number of aliphatic hydroxyl groups is 1. The molecule has 8 heteroatoms. The van der Waals surface area contributed by atoms with Crippen LogP contribution in [0.15, 0.2) is 42.7 Å². The SMILES string of the molecule is Bc1c(CNCCO)nc2c(-c3cnc4ccccc4c3)cnn2c1N. The second-order valence-corrected chi connectivity index (χ2v) is 6.18. The van der Waals surface area contributed by atoms with Crippen molar-refractivity contribution in [2.45, 2.75) is 6.54 Å². The molecule has 4 rings (SSSR count). The first-order valence-electron chi connectivity index (χ1n) is 8.48. The number of nitrogens with two attached hydrogens (primary N) is 1. The lowest BCUT2D eigenvalue weighted by Crippen LogP contribution is -2.27. The van der Waals surface area contributed by atoms with Gasteiger partial charge in [-0.05, 0) is 17.6 Å². The Morgan fingerprint density at radius 3 is 2.92 bits per heavy atom. The maximum atomic E-state index is 8.96. The molecule has 130 valence electrons. The summed E-state index contributed by atoms with van der Waals surface area (Å²) in [6.07, 6.45) is 3.61. The normalized spacial score (nSPS) is 11.4. The van der Waals surface area contributed by atoms with Gasteiger partial charge >= 0.3 is 0 Å². The highest BCUT2D eigenvalue weighted by molar-refractivity contribution is 6.36. The second-order valence-electron chi connectivity index (χ2n) is 6.18. The number of anilines is 1. The van der Waals surface area contributed by atoms with Crippen molar-refractivity contribution in [1.82, 2.24) is 24.9 Å². The Labute approximate surface area is 151 Å². The van der Waals surface area contributed by atoms with E-state index in [1.54, 1.807) is 10.7 Å². The third-order valence-corrected chi connectivity index (χ3v) is 4.51. The van der Waals surface area contributed by atoms with Gasteiger partial charge in [-0.25, -0.2) is 4.98 Å². The topological polar surface area (TPSA) is 101 Å². The number of aliphatic hydroxyl groups excluding tert-OH is 1. The molecule has 4 N–H and O–H groups in total. The molecule has 0 aliphatic heterocycles. The van der Waals surface area contributed by atoms with Crippen LogP contribution in [0.5, 0.6) is 0 Å². The van der Waals surface area contributed by atoms with Gasteiger partial charge in [-0.3, -0.25) is 4.98 Å². The van der Waals surface area contributed by atoms with E-state index in [0.717, 1.165) is 33.2 Å². The Bertz CT molecular complexity index is 1090. The fraction of sp³-hybridized carbons (Fsp3) is 0.167. The van der Waals surface area contributed by atoms with Crippen LogP contribution in [-0.2, 0) is 6.54 Å². The van der Waals surface area contributed by atoms with E-state index in [-0.39, 0.29) is 6.61 Å². The first-order valence-corrected chi connectivity index (χ1v) is 8.48. The summed E-state index contributed by atoms with van der Waals surface area (Å²) in [7, 11) is 1.93. The molecule has 0 saturated heterocycles. The number of hydrogen-bond acceptors (Lipinski definition) is 6. The molecule has 3 aromatic heterocycles. The average molecular weight is 346 g/mol. The smallest absolute Gasteiger partial charge is 0.165 e. The lowest BCUT2D eigenvalue weighted by Gasteiger charge is -2.11. The number of nitrogens with zero attached hydrogens (tertiary/aromatic N) is 4. The molecule has 1 aromatic carbocycles. The van der Waals surface area contributed by atoms with Crippen molar-refractivity contribution >= 4 is 35.7 Å². The Kier molecular flexibility index (Phi) is 4.28. The first kappa shape index (κ1) is 16.5. The molecule has 0 bridgehead atoms. The first-order chi connectivity index (χ1) is 12.7. The standard InChI is InChI=1S/C18H19BN6O/c19-16-15(10-21-5-6-26)24-18-13(9-23-25(18)17(16)20)12-7-11-3-1-2-4-14(11)22-8-12/h1-4,7-9,21,26H,5-6,10,19-20H2. The summed E-state index contributed by atoms with van der Waals surface area (Å²) in [6.45, 7) is 1.12. The molecule has 0 fully saturated rings. The van der Waals surface area contributed by atoms with Crippen LogP contribution in [0.4, 0.5) is 5.82 Å². The van der Waals surface area contributed by atoms with E-state index in [9.17, 15) is 0 Å². The molecule has 0 aliphatic rings. The number of para-hydroxylation sites is 1. The zero-order valence-electron chi connectivity index (χ0n) is 14.5. The second kappa shape index (κ2) is 6.74. The molecule has 0 amide bonds. The van der Waals surface area contributed by atoms with Crippen molar-refractivity contribution in [3.63, 3.8) is 0 Å². The number of fused-ring (bicyclic) bond motifs is 2. The largest absolute Gasteiger partial charge is 0.395 e. The maximum absolute atomic E-state index is 8.96. The van der Waals surface area contributed by atoms with Gasteiger partial charge in [0.2, 0.25) is 0 Å². The van der Waals surface area contributed by atoms with Gasteiger partial charge in [0.15, 0.2) is 5.65 Å². The third-order valence-electron chi connectivity index (χ3n) is 4.51. The van der Waals surface area contributed by atoms with Gasteiger partial charge in [0.25, 0.3) is 0 Å². The number of aromatic nitrogens is 4. The van der Waals surface area contributed by atoms with Gasteiger partial charge in [0.05, 0.1) is 24.0 Å². The summed E-state index contributed by atoms with van der Waals surface area (Å²) in [6, 6.07) is 10.1. The van der Waals surface area contributed by atoms with Crippen LogP contribution in [0, 0.1) is 0 Å². The van der Waals surface area contributed by atoms with Crippen LogP contribution in [0.25, 0.3) is 27.7 Å². The van der Waals surface area contributed by atoms with Crippen LogP contribution in [0.3, 0.4) is 0 Å². The number of pyridine rings is 1. The highest BCUT2D eigenvalue weighted by atomic mass is 16.3. The van der Waals surface area contributed by atoms with Gasteiger partial charge < -0.3 is 16.2 Å². The molecular formula is C18H19BN6O. The Balaban J connectivity index is 1.84. The number of nitrogens with one attached hydrogen (secondary N) is 1. The molecule has 0 aliphatic carbocycles. The minimum Gasteiger partial charge on any atom is -0.395 e. The van der Waals surface area contributed by atoms with Crippen molar-refractivity contribution in [3.8, 4) is 11.1 Å². The van der Waals surface area contributed by atoms with Crippen LogP contribution < -0.4 is 16.5 Å². The van der Waals surface area contributed by atoms with Gasteiger partial charge in [0.1, 0.15) is 13.7 Å². The summed E-state index contributed by atoms with van der Waals surface area (Å²) < 4.78 is 1.66. The van der Waals surface area contributed by atoms with E-state index in [1.165, 1.54) is 0 Å². The zero-order valence-corrected chi connectivity index (χ0v) is 14.5. The molecule has 4 aromatic rings. The van der Waals surface area contributed by atoms with E-state index < -0.39 is 0 Å². The van der Waals surface area contributed by atoms with Gasteiger partial charge in [0, 0.05) is 35.8 Å². The monoisotopic (exact) mass is 346 g/mol. The van der Waals surface area contributed by atoms with Crippen molar-refractivity contribution < 1.29 is 5.11 Å². The fourth-order valence-corrected chi connectivity index (χ4v) is 3.02. The molecule has 7 nitrogen and oxygen atoms in total. The molecule has 0 saturated carbocycles. The molecule has 26 heavy (non-hydrogen) atoms. The summed E-state index contributed by atoms with van der Waals surface area (Å²) >= 11 is 0. The number of nitrogen functional groups attached to an aromatic ring is 1. The molecule has 3 heterocycles. The summed E-state index contributed by atoms with van der Waals surface area (Å²) in [5.41, 5.74) is 11.5. The van der Waals surface area contributed by atoms with E-state index >= 15 is 0 Å². The summed E-state index contributed by atoms with van der Waals surface area (Å²) in [5, 5.41) is 17.6. The van der Waals surface area contributed by atoms with Crippen LogP contribution in [0.2, 0.25) is 0 Å². The van der Waals surface area contributed by atoms with E-state index in [1.807, 2.05) is 38.3 Å². The molecular weight excluding hydrogens is 327 g/mol. The summed E-state index contributed by atoms with van der Waals surface area (Å²) in [5.74, 6) is 0.566. The van der Waals surface area contributed by atoms with Gasteiger partial charge in [-0.2, -0.15) is 9.61 Å². The Morgan fingerprint density at radius 1 is 1.23 bits per heavy atom. The minimum absolute atomic E-state index is 0.0808. The molecule has 0 radical (unpaired) electrons. The molecule has 0 spiro atoms. The predicted molar refractivity (Wildman–Crippen MR) is 105 cm³/mol. The Morgan fingerprint density at radius 2 is 2.08 bits per heavy atom. The van der Waals surface area contributed by atoms with Crippen molar-refractivity contribution in [1.29, 1.82) is 0 Å². The van der Waals surface area contributed by atoms with Crippen LogP contribution in [0.1, 0.15) is 5.69 Å². The fourth-order valence-electron chi connectivity index (χ4n) is 3.02. The van der Waals surface area contributed by atoms with E-state index in [4.69, 9.17) is 15.8 Å². The molecule has 0 unspecified atom stereocenters. The lowest BCUT2D eigenvalue weighted by molar-refractivity contribution is 0.292. The third kappa shape index (κ3) is 2.79. The molecule has 0 atom stereocenters. The van der Waals surface area contributed by atoms with Crippen molar-refractivity contribution in [2.24, 2.45) is 0 Å². The summed E-state index contributed by atoms with van der Waals surface area (Å²) in [4.78, 5) is 9.30. The van der Waals surface area contributed by atoms with Gasteiger partial charge in [-0.15, -0.1) is 0 Å². The maximum Gasteiger partial charge on any atom is 0.165 e. The van der Waals surface area contributed by atoms with Gasteiger partial charge in [-0.1, -0.05) is 18.2 Å². The average Bonchev–Trinajstić information content (AvgIpc) is 3.09. The predicted octanol–water partition coefficient (Wildman–Crippen LogP) is -0.133. The minimum atomic E-state index is 0.0808. The van der Waals surface area contributed by atoms with Crippen LogP contribution >= 0.6 is 0 Å². The zero-order chi connectivity index (χ0) is 18.1. The van der Waals surface area contributed by atoms with Crippen molar-refractivity contribution in [3.05, 3.63) is 48.4 Å². The van der Waals surface area contributed by atoms with Crippen molar-refractivity contribution in [2.75, 3.05) is 18.9 Å².